The average molecular weight is 307 g/mol. The molecule has 0 aromatic heterocycles. The van der Waals surface area contributed by atoms with Gasteiger partial charge in [-0.15, -0.1) is 0 Å². The summed E-state index contributed by atoms with van der Waals surface area (Å²) in [6.07, 6.45) is -4.23. The van der Waals surface area contributed by atoms with E-state index in [1.54, 1.807) is 13.0 Å². The lowest BCUT2D eigenvalue weighted by Gasteiger charge is -2.36. The molecule has 3 nitrogen and oxygen atoms in total. The van der Waals surface area contributed by atoms with Crippen molar-refractivity contribution in [2.24, 2.45) is 0 Å². The molecule has 1 aromatic rings. The third-order valence-corrected chi connectivity index (χ3v) is 5.24. The smallest absolute Gasteiger partial charge is 0.160 e. The molecular formula is C13H16F3NO2S. The van der Waals surface area contributed by atoms with Crippen LogP contribution in [0.5, 0.6) is 0 Å². The van der Waals surface area contributed by atoms with Gasteiger partial charge in [-0.05, 0) is 13.0 Å². The van der Waals surface area contributed by atoms with Gasteiger partial charge in [0.2, 0.25) is 0 Å². The van der Waals surface area contributed by atoms with Gasteiger partial charge in [-0.1, -0.05) is 29.1 Å². The van der Waals surface area contributed by atoms with Crippen molar-refractivity contribution in [1.29, 1.82) is 0 Å². The highest BCUT2D eigenvalue weighted by Gasteiger charge is 2.44. The molecule has 2 rings (SSSR count). The van der Waals surface area contributed by atoms with Crippen LogP contribution in [0.3, 0.4) is 0 Å². The van der Waals surface area contributed by atoms with E-state index in [9.17, 15) is 21.7 Å². The predicted octanol–water partition coefficient (Wildman–Crippen LogP) is 2.85. The van der Waals surface area contributed by atoms with E-state index in [0.717, 1.165) is 0 Å². The van der Waals surface area contributed by atoms with E-state index >= 15 is 0 Å². The molecule has 0 saturated carbocycles. The maximum atomic E-state index is 14.2. The van der Waals surface area contributed by atoms with E-state index in [0.29, 0.717) is 5.56 Å². The minimum Gasteiger partial charge on any atom is -0.241 e. The number of halogens is 3. The lowest BCUT2D eigenvalue weighted by molar-refractivity contribution is 0.113. The minimum absolute atomic E-state index is 0.0444. The zero-order chi connectivity index (χ0) is 15.1. The molecule has 0 N–H and O–H groups in total. The second-order valence-electron chi connectivity index (χ2n) is 4.99. The van der Waals surface area contributed by atoms with E-state index in [-0.39, 0.29) is 22.1 Å². The van der Waals surface area contributed by atoms with Gasteiger partial charge in [0.05, 0.1) is 11.4 Å². The molecule has 0 radical (unpaired) electrons. The van der Waals surface area contributed by atoms with Gasteiger partial charge in [-0.3, -0.25) is 0 Å². The Morgan fingerprint density at radius 1 is 1.30 bits per heavy atom. The summed E-state index contributed by atoms with van der Waals surface area (Å²) in [5, 5.41) is 0.0444. The predicted molar refractivity (Wildman–Crippen MR) is 71.6 cm³/mol. The SMILES string of the molecule is CCS(=O)(=O)CC1C(F)C(F)c2cc(C)ccc2N1F. The second-order valence-corrected chi connectivity index (χ2v) is 7.38. The number of hydrogen-bond donors (Lipinski definition) is 0. The molecule has 1 aromatic carbocycles. The van der Waals surface area contributed by atoms with Crippen molar-refractivity contribution in [1.82, 2.24) is 0 Å². The zero-order valence-corrected chi connectivity index (χ0v) is 12.0. The third-order valence-electron chi connectivity index (χ3n) is 3.51. The van der Waals surface area contributed by atoms with Gasteiger partial charge in [0.1, 0.15) is 6.04 Å². The van der Waals surface area contributed by atoms with E-state index in [2.05, 4.69) is 0 Å². The minimum atomic E-state index is -3.61. The Bertz CT molecular complexity index is 606. The average Bonchev–Trinajstić information content (AvgIpc) is 2.41. The summed E-state index contributed by atoms with van der Waals surface area (Å²) in [5.74, 6) is -0.976. The fourth-order valence-electron chi connectivity index (χ4n) is 2.30. The number of anilines is 1. The molecule has 0 bridgehead atoms. The number of hydrogen-bond acceptors (Lipinski definition) is 3. The topological polar surface area (TPSA) is 37.4 Å². The molecule has 20 heavy (non-hydrogen) atoms. The van der Waals surface area contributed by atoms with Crippen molar-refractivity contribution >= 4 is 15.5 Å². The Labute approximate surface area is 116 Å². The van der Waals surface area contributed by atoms with Gasteiger partial charge in [-0.2, -0.15) is 0 Å². The monoisotopic (exact) mass is 307 g/mol. The Morgan fingerprint density at radius 3 is 2.55 bits per heavy atom. The first kappa shape index (κ1) is 15.2. The first-order valence-electron chi connectivity index (χ1n) is 6.31. The number of nitrogens with zero attached hydrogens (tertiary/aromatic N) is 1. The molecule has 1 aliphatic rings. The van der Waals surface area contributed by atoms with Crippen molar-refractivity contribution in [2.75, 3.05) is 16.6 Å². The Hall–Kier alpha value is -1.24. The van der Waals surface area contributed by atoms with Gasteiger partial charge < -0.3 is 0 Å². The number of alkyl halides is 2. The van der Waals surface area contributed by atoms with E-state index in [1.165, 1.54) is 19.1 Å². The maximum absolute atomic E-state index is 14.2. The highest BCUT2D eigenvalue weighted by Crippen LogP contribution is 2.42. The first-order valence-corrected chi connectivity index (χ1v) is 8.13. The lowest BCUT2D eigenvalue weighted by Crippen LogP contribution is -2.47. The normalized spacial score (nSPS) is 26.4. The number of aryl methyl sites for hydroxylation is 1. The van der Waals surface area contributed by atoms with E-state index in [4.69, 9.17) is 0 Å². The van der Waals surface area contributed by atoms with Crippen LogP contribution in [0.15, 0.2) is 18.2 Å². The summed E-state index contributed by atoms with van der Waals surface area (Å²) in [7, 11) is -3.61. The number of fused-ring (bicyclic) bond motifs is 1. The molecule has 0 fully saturated rings. The van der Waals surface area contributed by atoms with Crippen molar-refractivity contribution in [3.63, 3.8) is 0 Å². The molecule has 1 aliphatic heterocycles. The fraction of sp³-hybridized carbons (Fsp3) is 0.538. The molecule has 7 heteroatoms. The molecule has 3 atom stereocenters. The van der Waals surface area contributed by atoms with Crippen LogP contribution < -0.4 is 5.12 Å². The van der Waals surface area contributed by atoms with Gasteiger partial charge in [0, 0.05) is 11.3 Å². The standard InChI is InChI=1S/C13H16F3NO2S/c1-3-20(18,19)7-11-13(15)12(14)9-6-8(2)4-5-10(9)17(11)16/h4-6,11-13H,3,7H2,1-2H3. The van der Waals surface area contributed by atoms with Crippen LogP contribution in [0, 0.1) is 6.92 Å². The van der Waals surface area contributed by atoms with Crippen LogP contribution in [0.1, 0.15) is 24.2 Å². The summed E-state index contributed by atoms with van der Waals surface area (Å²) >= 11 is 0. The van der Waals surface area contributed by atoms with Crippen LogP contribution in [-0.4, -0.2) is 32.1 Å². The Morgan fingerprint density at radius 2 is 1.95 bits per heavy atom. The Balaban J connectivity index is 2.41. The molecule has 0 amide bonds. The number of rotatable bonds is 3. The van der Waals surface area contributed by atoms with Gasteiger partial charge in [0.25, 0.3) is 0 Å². The molecule has 112 valence electrons. The van der Waals surface area contributed by atoms with Crippen molar-refractivity contribution in [2.45, 2.75) is 32.2 Å². The molecule has 0 spiro atoms. The summed E-state index contributed by atoms with van der Waals surface area (Å²) < 4.78 is 65.5. The van der Waals surface area contributed by atoms with Crippen molar-refractivity contribution in [3.05, 3.63) is 29.3 Å². The quantitative estimate of drug-likeness (QED) is 0.806. The Kier molecular flexibility index (Phi) is 4.00. The summed E-state index contributed by atoms with van der Waals surface area (Å²) in [6.45, 7) is 3.08. The highest BCUT2D eigenvalue weighted by molar-refractivity contribution is 7.91. The van der Waals surface area contributed by atoms with E-state index < -0.39 is 34.0 Å². The fourth-order valence-corrected chi connectivity index (χ4v) is 3.37. The molecular weight excluding hydrogens is 291 g/mol. The van der Waals surface area contributed by atoms with Gasteiger partial charge in [0.15, 0.2) is 22.2 Å². The number of benzene rings is 1. The largest absolute Gasteiger partial charge is 0.241 e. The van der Waals surface area contributed by atoms with Crippen LogP contribution in [0.2, 0.25) is 0 Å². The number of sulfone groups is 1. The van der Waals surface area contributed by atoms with Crippen LogP contribution in [-0.2, 0) is 9.84 Å². The highest BCUT2D eigenvalue weighted by atomic mass is 32.2. The summed E-state index contributed by atoms with van der Waals surface area (Å²) in [4.78, 5) is 0. The summed E-state index contributed by atoms with van der Waals surface area (Å²) in [6, 6.07) is 2.64. The van der Waals surface area contributed by atoms with Gasteiger partial charge >= 0.3 is 0 Å². The van der Waals surface area contributed by atoms with Gasteiger partial charge in [-0.25, -0.2) is 22.3 Å². The second kappa shape index (κ2) is 5.27. The summed E-state index contributed by atoms with van der Waals surface area (Å²) in [5.41, 5.74) is 0.505. The van der Waals surface area contributed by atoms with Crippen LogP contribution in [0.25, 0.3) is 0 Å². The maximum Gasteiger partial charge on any atom is 0.160 e. The van der Waals surface area contributed by atoms with E-state index in [1.807, 2.05) is 0 Å². The van der Waals surface area contributed by atoms with Crippen LogP contribution >= 0.6 is 0 Å². The lowest BCUT2D eigenvalue weighted by atomic mass is 9.94. The van der Waals surface area contributed by atoms with Crippen LogP contribution in [0.4, 0.5) is 18.9 Å². The molecule has 3 unspecified atom stereocenters. The molecule has 1 heterocycles. The van der Waals surface area contributed by atoms with Crippen molar-refractivity contribution in [3.8, 4) is 0 Å². The molecule has 0 aliphatic carbocycles. The molecule has 0 saturated heterocycles. The third kappa shape index (κ3) is 2.63. The first-order chi connectivity index (χ1) is 9.26. The van der Waals surface area contributed by atoms with Crippen molar-refractivity contribution < 1.29 is 21.7 Å². The zero-order valence-electron chi connectivity index (χ0n) is 11.2.